The minimum absolute atomic E-state index is 0.00225. The lowest BCUT2D eigenvalue weighted by atomic mass is 9.85. The van der Waals surface area contributed by atoms with Gasteiger partial charge in [0.25, 0.3) is 0 Å². The molecule has 0 unspecified atom stereocenters. The van der Waals surface area contributed by atoms with E-state index >= 15 is 0 Å². The van der Waals surface area contributed by atoms with Crippen LogP contribution in [0.15, 0.2) is 18.2 Å². The van der Waals surface area contributed by atoms with E-state index in [9.17, 15) is 5.11 Å². The molecule has 1 rings (SSSR count). The van der Waals surface area contributed by atoms with Crippen molar-refractivity contribution in [2.45, 2.75) is 31.5 Å². The van der Waals surface area contributed by atoms with Crippen LogP contribution in [0.3, 0.4) is 0 Å². The van der Waals surface area contributed by atoms with Gasteiger partial charge < -0.3 is 5.11 Å². The Bertz CT molecular complexity index is 299. The first-order valence-corrected chi connectivity index (χ1v) is 5.45. The summed E-state index contributed by atoms with van der Waals surface area (Å²) in [6.07, 6.45) is 0. The zero-order chi connectivity index (χ0) is 10.1. The van der Waals surface area contributed by atoms with Gasteiger partial charge in [-0.15, -0.1) is 0 Å². The van der Waals surface area contributed by atoms with Gasteiger partial charge in [-0.25, -0.2) is 0 Å². The number of aromatic hydroxyl groups is 1. The van der Waals surface area contributed by atoms with Crippen molar-refractivity contribution < 1.29 is 5.11 Å². The van der Waals surface area contributed by atoms with Gasteiger partial charge in [-0.2, -0.15) is 0 Å². The van der Waals surface area contributed by atoms with Gasteiger partial charge in [-0.1, -0.05) is 48.8 Å². The van der Waals surface area contributed by atoms with Crippen LogP contribution in [0.1, 0.15) is 31.9 Å². The van der Waals surface area contributed by atoms with Gasteiger partial charge in [0, 0.05) is 5.33 Å². The van der Waals surface area contributed by atoms with Crippen molar-refractivity contribution in [1.82, 2.24) is 0 Å². The number of hydrogen-bond acceptors (Lipinski definition) is 1. The standard InChI is InChI=1S/C11H15BrO/c1-11(2,3)9-6-8(7-12)4-5-10(9)13/h4-6,13H,7H2,1-3H3. The Balaban J connectivity index is 3.19. The van der Waals surface area contributed by atoms with Gasteiger partial charge in [0.2, 0.25) is 0 Å². The summed E-state index contributed by atoms with van der Waals surface area (Å²) in [5, 5.41) is 10.5. The van der Waals surface area contributed by atoms with Crippen LogP contribution >= 0.6 is 15.9 Å². The summed E-state index contributed by atoms with van der Waals surface area (Å²) in [5.74, 6) is 0.386. The zero-order valence-electron chi connectivity index (χ0n) is 8.26. The largest absolute Gasteiger partial charge is 0.508 e. The normalized spacial score (nSPS) is 11.7. The Kier molecular flexibility index (Phi) is 3.01. The van der Waals surface area contributed by atoms with Crippen molar-refractivity contribution >= 4 is 15.9 Å². The molecule has 1 aromatic rings. The highest BCUT2D eigenvalue weighted by Gasteiger charge is 2.17. The molecule has 0 aromatic heterocycles. The van der Waals surface area contributed by atoms with E-state index in [0.29, 0.717) is 5.75 Å². The Morgan fingerprint density at radius 2 is 1.92 bits per heavy atom. The maximum atomic E-state index is 9.65. The van der Waals surface area contributed by atoms with Crippen LogP contribution < -0.4 is 0 Å². The lowest BCUT2D eigenvalue weighted by Crippen LogP contribution is -2.11. The van der Waals surface area contributed by atoms with E-state index in [1.54, 1.807) is 6.07 Å². The molecule has 0 spiro atoms. The highest BCUT2D eigenvalue weighted by molar-refractivity contribution is 9.08. The summed E-state index contributed by atoms with van der Waals surface area (Å²) in [7, 11) is 0. The maximum Gasteiger partial charge on any atom is 0.119 e. The van der Waals surface area contributed by atoms with Crippen LogP contribution in [0.25, 0.3) is 0 Å². The van der Waals surface area contributed by atoms with Gasteiger partial charge in [-0.3, -0.25) is 0 Å². The molecule has 0 saturated carbocycles. The number of rotatable bonds is 1. The summed E-state index contributed by atoms with van der Waals surface area (Å²) in [6, 6.07) is 5.74. The lowest BCUT2D eigenvalue weighted by Gasteiger charge is -2.20. The lowest BCUT2D eigenvalue weighted by molar-refractivity contribution is 0.446. The van der Waals surface area contributed by atoms with E-state index in [1.807, 2.05) is 12.1 Å². The molecule has 0 radical (unpaired) electrons. The van der Waals surface area contributed by atoms with Crippen LogP contribution in [0, 0.1) is 0 Å². The summed E-state index contributed by atoms with van der Waals surface area (Å²) in [6.45, 7) is 6.29. The second-order valence-electron chi connectivity index (χ2n) is 4.24. The summed E-state index contributed by atoms with van der Waals surface area (Å²) in [4.78, 5) is 0. The van der Waals surface area contributed by atoms with Crippen LogP contribution in [0.5, 0.6) is 5.75 Å². The van der Waals surface area contributed by atoms with E-state index < -0.39 is 0 Å². The van der Waals surface area contributed by atoms with E-state index in [0.717, 1.165) is 10.9 Å². The van der Waals surface area contributed by atoms with Gasteiger partial charge in [0.1, 0.15) is 5.75 Å². The second kappa shape index (κ2) is 3.70. The third-order valence-electron chi connectivity index (χ3n) is 2.02. The minimum Gasteiger partial charge on any atom is -0.508 e. The van der Waals surface area contributed by atoms with Crippen molar-refractivity contribution in [1.29, 1.82) is 0 Å². The van der Waals surface area contributed by atoms with Gasteiger partial charge in [0.15, 0.2) is 0 Å². The van der Waals surface area contributed by atoms with Gasteiger partial charge in [0.05, 0.1) is 0 Å². The fraction of sp³-hybridized carbons (Fsp3) is 0.455. The molecule has 0 aliphatic heterocycles. The molecule has 1 N–H and O–H groups in total. The fourth-order valence-corrected chi connectivity index (χ4v) is 1.62. The van der Waals surface area contributed by atoms with Crippen molar-refractivity contribution in [3.05, 3.63) is 29.3 Å². The average Bonchev–Trinajstić information content (AvgIpc) is 2.03. The van der Waals surface area contributed by atoms with Crippen LogP contribution in [0.4, 0.5) is 0 Å². The predicted octanol–water partition coefficient (Wildman–Crippen LogP) is 3.58. The minimum atomic E-state index is 0.00225. The molecule has 0 bridgehead atoms. The summed E-state index contributed by atoms with van der Waals surface area (Å²) >= 11 is 3.40. The average molecular weight is 243 g/mol. The van der Waals surface area contributed by atoms with Crippen LogP contribution in [-0.2, 0) is 10.7 Å². The molecule has 0 aliphatic carbocycles. The Morgan fingerprint density at radius 3 is 2.38 bits per heavy atom. The molecule has 0 aliphatic rings. The molecule has 1 nitrogen and oxygen atoms in total. The fourth-order valence-electron chi connectivity index (χ4n) is 1.27. The molecule has 2 heteroatoms. The van der Waals surface area contributed by atoms with Crippen molar-refractivity contribution in [2.24, 2.45) is 0 Å². The highest BCUT2D eigenvalue weighted by atomic mass is 79.9. The smallest absolute Gasteiger partial charge is 0.119 e. The van der Waals surface area contributed by atoms with Crippen LogP contribution in [0.2, 0.25) is 0 Å². The zero-order valence-corrected chi connectivity index (χ0v) is 9.85. The molecule has 0 amide bonds. The quantitative estimate of drug-likeness (QED) is 0.747. The van der Waals surface area contributed by atoms with E-state index in [4.69, 9.17) is 0 Å². The van der Waals surface area contributed by atoms with Crippen LogP contribution in [-0.4, -0.2) is 5.11 Å². The Labute approximate surface area is 87.9 Å². The highest BCUT2D eigenvalue weighted by Crippen LogP contribution is 2.31. The van der Waals surface area contributed by atoms with E-state index in [2.05, 4.69) is 36.7 Å². The third kappa shape index (κ3) is 2.47. The van der Waals surface area contributed by atoms with E-state index in [1.165, 1.54) is 5.56 Å². The first kappa shape index (κ1) is 10.6. The Morgan fingerprint density at radius 1 is 1.31 bits per heavy atom. The molecule has 0 fully saturated rings. The van der Waals surface area contributed by atoms with Gasteiger partial charge in [-0.05, 0) is 22.6 Å². The molecule has 72 valence electrons. The topological polar surface area (TPSA) is 20.2 Å². The summed E-state index contributed by atoms with van der Waals surface area (Å²) in [5.41, 5.74) is 2.20. The number of phenolic OH excluding ortho intramolecular Hbond substituents is 1. The predicted molar refractivity (Wildman–Crippen MR) is 59.4 cm³/mol. The number of phenols is 1. The van der Waals surface area contributed by atoms with Crippen molar-refractivity contribution in [3.63, 3.8) is 0 Å². The maximum absolute atomic E-state index is 9.65. The summed E-state index contributed by atoms with van der Waals surface area (Å²) < 4.78 is 0. The SMILES string of the molecule is CC(C)(C)c1cc(CBr)ccc1O. The van der Waals surface area contributed by atoms with Crippen molar-refractivity contribution in [2.75, 3.05) is 0 Å². The van der Waals surface area contributed by atoms with Crippen molar-refractivity contribution in [3.8, 4) is 5.75 Å². The second-order valence-corrected chi connectivity index (χ2v) is 4.80. The number of hydrogen-bond donors (Lipinski definition) is 1. The van der Waals surface area contributed by atoms with E-state index in [-0.39, 0.29) is 5.41 Å². The Hall–Kier alpha value is -0.500. The molecule has 0 heterocycles. The third-order valence-corrected chi connectivity index (χ3v) is 2.67. The number of alkyl halides is 1. The molecule has 0 saturated heterocycles. The molecule has 13 heavy (non-hydrogen) atoms. The molecular weight excluding hydrogens is 228 g/mol. The first-order chi connectivity index (χ1) is 5.95. The molecular formula is C11H15BrO. The molecule has 1 aromatic carbocycles. The first-order valence-electron chi connectivity index (χ1n) is 4.33. The monoisotopic (exact) mass is 242 g/mol. The number of benzene rings is 1. The van der Waals surface area contributed by atoms with Gasteiger partial charge >= 0.3 is 0 Å². The number of halogens is 1. The molecule has 0 atom stereocenters.